The summed E-state index contributed by atoms with van der Waals surface area (Å²) in [6.45, 7) is 0. The Hall–Kier alpha value is -1.19. The van der Waals surface area contributed by atoms with Crippen LogP contribution in [0, 0.1) is 23.2 Å². The van der Waals surface area contributed by atoms with E-state index in [4.69, 9.17) is 11.1 Å². The standard InChI is InChI=1S/C10H12F2N2/c11-10(12)7-4-2-1-3-6(7)5-8(10)9(13)14/h1-4,6-8H,5H2,(H3,13,14). The van der Waals surface area contributed by atoms with Crippen LogP contribution in [-0.4, -0.2) is 11.8 Å². The molecule has 1 fully saturated rings. The average molecular weight is 198 g/mol. The number of fused-ring (bicyclic) bond motifs is 1. The van der Waals surface area contributed by atoms with Crippen molar-refractivity contribution in [2.24, 2.45) is 23.5 Å². The molecule has 0 aromatic heterocycles. The largest absolute Gasteiger partial charge is 0.387 e. The Bertz CT molecular complexity index is 320. The minimum absolute atomic E-state index is 0.163. The molecule has 2 aliphatic carbocycles. The lowest BCUT2D eigenvalue weighted by molar-refractivity contribution is -0.0450. The molecule has 14 heavy (non-hydrogen) atoms. The van der Waals surface area contributed by atoms with Crippen molar-refractivity contribution in [2.75, 3.05) is 0 Å². The topological polar surface area (TPSA) is 49.9 Å². The van der Waals surface area contributed by atoms with Crippen LogP contribution in [0.15, 0.2) is 24.3 Å². The van der Waals surface area contributed by atoms with E-state index in [0.717, 1.165) is 0 Å². The van der Waals surface area contributed by atoms with Gasteiger partial charge in [-0.2, -0.15) is 0 Å². The molecule has 0 aliphatic heterocycles. The smallest absolute Gasteiger partial charge is 0.264 e. The highest BCUT2D eigenvalue weighted by Crippen LogP contribution is 2.50. The Morgan fingerprint density at radius 3 is 2.57 bits per heavy atom. The first-order valence-corrected chi connectivity index (χ1v) is 4.60. The van der Waals surface area contributed by atoms with Crippen molar-refractivity contribution in [3.63, 3.8) is 0 Å². The maximum absolute atomic E-state index is 13.7. The van der Waals surface area contributed by atoms with Crippen LogP contribution in [0.3, 0.4) is 0 Å². The van der Waals surface area contributed by atoms with E-state index in [1.807, 2.05) is 0 Å². The first-order valence-electron chi connectivity index (χ1n) is 4.60. The minimum Gasteiger partial charge on any atom is -0.387 e. The zero-order chi connectivity index (χ0) is 10.3. The van der Waals surface area contributed by atoms with E-state index in [9.17, 15) is 8.78 Å². The molecule has 0 heterocycles. The van der Waals surface area contributed by atoms with Gasteiger partial charge in [0.05, 0.1) is 11.8 Å². The van der Waals surface area contributed by atoms with E-state index in [1.165, 1.54) is 6.08 Å². The van der Waals surface area contributed by atoms with Crippen molar-refractivity contribution in [1.29, 1.82) is 5.41 Å². The van der Waals surface area contributed by atoms with Gasteiger partial charge in [0.1, 0.15) is 0 Å². The summed E-state index contributed by atoms with van der Waals surface area (Å²) in [5.74, 6) is -5.29. The van der Waals surface area contributed by atoms with Gasteiger partial charge in [0, 0.05) is 5.92 Å². The van der Waals surface area contributed by atoms with E-state index in [2.05, 4.69) is 0 Å². The summed E-state index contributed by atoms with van der Waals surface area (Å²) in [6.07, 6.45) is 7.00. The van der Waals surface area contributed by atoms with Crippen LogP contribution in [0.1, 0.15) is 6.42 Å². The summed E-state index contributed by atoms with van der Waals surface area (Å²) in [6, 6.07) is 0. The molecule has 0 aromatic rings. The molecule has 2 aliphatic rings. The predicted molar refractivity (Wildman–Crippen MR) is 50.2 cm³/mol. The van der Waals surface area contributed by atoms with Gasteiger partial charge < -0.3 is 5.73 Å². The molecule has 0 bridgehead atoms. The highest BCUT2D eigenvalue weighted by molar-refractivity contribution is 5.81. The molecular weight excluding hydrogens is 186 g/mol. The minimum atomic E-state index is -2.86. The van der Waals surface area contributed by atoms with Gasteiger partial charge in [-0.05, 0) is 12.3 Å². The van der Waals surface area contributed by atoms with E-state index in [0.29, 0.717) is 0 Å². The predicted octanol–water partition coefficient (Wildman–Crippen LogP) is 1.94. The molecule has 0 spiro atoms. The molecule has 2 rings (SSSR count). The fourth-order valence-corrected chi connectivity index (χ4v) is 2.29. The molecule has 0 saturated heterocycles. The second kappa shape index (κ2) is 2.90. The van der Waals surface area contributed by atoms with Gasteiger partial charge in [-0.25, -0.2) is 8.78 Å². The summed E-state index contributed by atoms with van der Waals surface area (Å²) in [4.78, 5) is 0. The maximum Gasteiger partial charge on any atom is 0.264 e. The average Bonchev–Trinajstić information content (AvgIpc) is 2.39. The zero-order valence-corrected chi connectivity index (χ0v) is 7.58. The van der Waals surface area contributed by atoms with Gasteiger partial charge in [0.25, 0.3) is 5.92 Å². The number of allylic oxidation sites excluding steroid dienone is 4. The molecule has 0 radical (unpaired) electrons. The molecule has 76 valence electrons. The van der Waals surface area contributed by atoms with Crippen molar-refractivity contribution >= 4 is 5.84 Å². The SMILES string of the molecule is N=C(N)C1CC2C=CC=CC2C1(F)F. The van der Waals surface area contributed by atoms with Crippen molar-refractivity contribution < 1.29 is 8.78 Å². The summed E-state index contributed by atoms with van der Waals surface area (Å²) < 4.78 is 27.4. The summed E-state index contributed by atoms with van der Waals surface area (Å²) >= 11 is 0. The Morgan fingerprint density at radius 1 is 1.36 bits per heavy atom. The second-order valence-electron chi connectivity index (χ2n) is 3.88. The molecule has 0 amide bonds. The molecular formula is C10H12F2N2. The molecule has 2 nitrogen and oxygen atoms in total. The number of nitrogens with two attached hydrogens (primary N) is 1. The fourth-order valence-electron chi connectivity index (χ4n) is 2.29. The number of hydrogen-bond acceptors (Lipinski definition) is 1. The number of rotatable bonds is 1. The summed E-state index contributed by atoms with van der Waals surface area (Å²) in [7, 11) is 0. The third kappa shape index (κ3) is 1.17. The quantitative estimate of drug-likeness (QED) is 0.491. The van der Waals surface area contributed by atoms with Crippen molar-refractivity contribution in [2.45, 2.75) is 12.3 Å². The molecule has 3 atom stereocenters. The molecule has 3 unspecified atom stereocenters. The van der Waals surface area contributed by atoms with Crippen LogP contribution in [-0.2, 0) is 0 Å². The number of hydrogen-bond donors (Lipinski definition) is 2. The van der Waals surface area contributed by atoms with Gasteiger partial charge in [0.15, 0.2) is 0 Å². The third-order valence-corrected chi connectivity index (χ3v) is 3.04. The molecule has 3 N–H and O–H groups in total. The number of alkyl halides is 2. The highest BCUT2D eigenvalue weighted by atomic mass is 19.3. The highest BCUT2D eigenvalue weighted by Gasteiger charge is 2.56. The number of nitrogens with one attached hydrogen (secondary N) is 1. The fraction of sp³-hybridized carbons (Fsp3) is 0.500. The van der Waals surface area contributed by atoms with Gasteiger partial charge >= 0.3 is 0 Å². The van der Waals surface area contributed by atoms with Gasteiger partial charge in [0.2, 0.25) is 0 Å². The number of halogens is 2. The van der Waals surface area contributed by atoms with Crippen LogP contribution in [0.5, 0.6) is 0 Å². The Balaban J connectivity index is 2.32. The zero-order valence-electron chi connectivity index (χ0n) is 7.58. The third-order valence-electron chi connectivity index (χ3n) is 3.04. The van der Waals surface area contributed by atoms with Crippen LogP contribution in [0.2, 0.25) is 0 Å². The summed E-state index contributed by atoms with van der Waals surface area (Å²) in [5.41, 5.74) is 5.18. The van der Waals surface area contributed by atoms with Crippen LogP contribution in [0.25, 0.3) is 0 Å². The lowest BCUT2D eigenvalue weighted by atomic mass is 9.90. The van der Waals surface area contributed by atoms with E-state index in [1.54, 1.807) is 18.2 Å². The lowest BCUT2D eigenvalue weighted by Crippen LogP contribution is -2.37. The van der Waals surface area contributed by atoms with Gasteiger partial charge in [-0.1, -0.05) is 24.3 Å². The van der Waals surface area contributed by atoms with E-state index in [-0.39, 0.29) is 12.3 Å². The second-order valence-corrected chi connectivity index (χ2v) is 3.88. The monoisotopic (exact) mass is 198 g/mol. The Morgan fingerprint density at radius 2 is 2.00 bits per heavy atom. The lowest BCUT2D eigenvalue weighted by Gasteiger charge is -2.23. The van der Waals surface area contributed by atoms with Crippen LogP contribution < -0.4 is 5.73 Å². The molecule has 0 aromatic carbocycles. The van der Waals surface area contributed by atoms with Gasteiger partial charge in [-0.15, -0.1) is 0 Å². The van der Waals surface area contributed by atoms with Crippen LogP contribution >= 0.6 is 0 Å². The number of amidine groups is 1. The van der Waals surface area contributed by atoms with Crippen molar-refractivity contribution in [3.05, 3.63) is 24.3 Å². The Kier molecular flexibility index (Phi) is 1.94. The molecule has 1 saturated carbocycles. The first-order chi connectivity index (χ1) is 6.53. The first kappa shape index (κ1) is 9.37. The van der Waals surface area contributed by atoms with Gasteiger partial charge in [-0.3, -0.25) is 5.41 Å². The van der Waals surface area contributed by atoms with Crippen LogP contribution in [0.4, 0.5) is 8.78 Å². The van der Waals surface area contributed by atoms with Crippen molar-refractivity contribution in [3.8, 4) is 0 Å². The van der Waals surface area contributed by atoms with E-state index < -0.39 is 23.6 Å². The Labute approximate surface area is 81.0 Å². The molecule has 4 heteroatoms. The normalized spacial score (nSPS) is 38.3. The maximum atomic E-state index is 13.7. The summed E-state index contributed by atoms with van der Waals surface area (Å²) in [5, 5.41) is 7.15. The van der Waals surface area contributed by atoms with Crippen molar-refractivity contribution in [1.82, 2.24) is 0 Å². The van der Waals surface area contributed by atoms with E-state index >= 15 is 0 Å².